The van der Waals surface area contributed by atoms with Crippen LogP contribution in [0.25, 0.3) is 0 Å². The molecule has 9 heteroatoms. The minimum absolute atomic E-state index is 0.118. The van der Waals surface area contributed by atoms with Crippen molar-refractivity contribution in [1.82, 2.24) is 9.55 Å². The summed E-state index contributed by atoms with van der Waals surface area (Å²) in [5, 5.41) is 27.9. The Morgan fingerprint density at radius 2 is 2.38 bits per heavy atom. The molecule has 1 fully saturated rings. The van der Waals surface area contributed by atoms with Crippen molar-refractivity contribution in [3.05, 3.63) is 27.4 Å². The summed E-state index contributed by atoms with van der Waals surface area (Å²) in [6.45, 7) is -0.265. The number of hydrogen-bond acceptors (Lipinski definition) is 7. The van der Waals surface area contributed by atoms with Crippen molar-refractivity contribution in [2.24, 2.45) is 0 Å². The van der Waals surface area contributed by atoms with E-state index in [1.165, 1.54) is 16.8 Å². The van der Waals surface area contributed by atoms with Crippen molar-refractivity contribution in [1.29, 1.82) is 5.26 Å². The maximum Gasteiger partial charge on any atom is 0.251 e. The first kappa shape index (κ1) is 15.8. The summed E-state index contributed by atoms with van der Waals surface area (Å²) in [4.78, 5) is 13.6. The highest BCUT2D eigenvalue weighted by atomic mass is 32.1. The van der Waals surface area contributed by atoms with Gasteiger partial charge in [0.15, 0.2) is 11.0 Å². The first-order valence-electron chi connectivity index (χ1n) is 6.33. The monoisotopic (exact) mass is 313 g/mol. The molecule has 3 N–H and O–H groups in total. The van der Waals surface area contributed by atoms with Gasteiger partial charge in [-0.05, 0) is 12.2 Å². The molecule has 114 valence electrons. The number of nitriles is 1. The normalized spacial score (nSPS) is 28.4. The molecule has 0 amide bonds. The second-order valence-electron chi connectivity index (χ2n) is 4.50. The number of rotatable bonds is 5. The average Bonchev–Trinajstić information content (AvgIpc) is 2.76. The predicted octanol–water partition coefficient (Wildman–Crippen LogP) is -0.545. The van der Waals surface area contributed by atoms with E-state index in [-0.39, 0.29) is 30.0 Å². The van der Waals surface area contributed by atoms with Crippen molar-refractivity contribution in [3.8, 4) is 6.07 Å². The lowest BCUT2D eigenvalue weighted by Gasteiger charge is -2.22. The molecule has 2 rings (SSSR count). The number of aromatic nitrogens is 2. The van der Waals surface area contributed by atoms with Crippen molar-refractivity contribution in [3.63, 3.8) is 0 Å². The van der Waals surface area contributed by atoms with Crippen LogP contribution in [0.4, 0.5) is 0 Å². The van der Waals surface area contributed by atoms with Crippen LogP contribution >= 0.6 is 12.2 Å². The van der Waals surface area contributed by atoms with E-state index in [9.17, 15) is 15.0 Å². The van der Waals surface area contributed by atoms with Gasteiger partial charge in [-0.2, -0.15) is 5.26 Å². The van der Waals surface area contributed by atoms with E-state index in [2.05, 4.69) is 4.98 Å². The first-order chi connectivity index (χ1) is 10.1. The van der Waals surface area contributed by atoms with Gasteiger partial charge in [-0.15, -0.1) is 0 Å². The van der Waals surface area contributed by atoms with Crippen LogP contribution in [0, 0.1) is 16.1 Å². The van der Waals surface area contributed by atoms with E-state index in [0.29, 0.717) is 0 Å². The fraction of sp³-hybridized carbons (Fsp3) is 0.583. The van der Waals surface area contributed by atoms with E-state index >= 15 is 0 Å². The van der Waals surface area contributed by atoms with Gasteiger partial charge in [-0.25, -0.2) is 0 Å². The molecule has 0 saturated carbocycles. The highest BCUT2D eigenvalue weighted by molar-refractivity contribution is 7.71. The van der Waals surface area contributed by atoms with Gasteiger partial charge in [0.1, 0.15) is 18.3 Å². The summed E-state index contributed by atoms with van der Waals surface area (Å²) in [5.41, 5.74) is -0.351. The van der Waals surface area contributed by atoms with Crippen molar-refractivity contribution < 1.29 is 19.7 Å². The fourth-order valence-electron chi connectivity index (χ4n) is 2.14. The maximum atomic E-state index is 11.2. The lowest BCUT2D eigenvalue weighted by atomic mass is 10.1. The molecule has 1 aliphatic heterocycles. The number of ether oxygens (including phenoxy) is 2. The van der Waals surface area contributed by atoms with Crippen LogP contribution in [-0.2, 0) is 9.47 Å². The van der Waals surface area contributed by atoms with Crippen LogP contribution < -0.4 is 5.56 Å². The number of aliphatic hydroxyl groups excluding tert-OH is 2. The molecule has 8 nitrogen and oxygen atoms in total. The van der Waals surface area contributed by atoms with E-state index < -0.39 is 24.5 Å². The molecule has 1 aromatic rings. The lowest BCUT2D eigenvalue weighted by Crippen LogP contribution is -2.36. The molecule has 1 aliphatic rings. The summed E-state index contributed by atoms with van der Waals surface area (Å²) in [5.74, 6) is 0. The topological polar surface area (TPSA) is 120 Å². The van der Waals surface area contributed by atoms with Crippen LogP contribution in [0.2, 0.25) is 0 Å². The fourth-order valence-corrected chi connectivity index (χ4v) is 2.41. The van der Waals surface area contributed by atoms with Gasteiger partial charge in [-0.1, -0.05) is 0 Å². The molecule has 0 spiro atoms. The van der Waals surface area contributed by atoms with Crippen LogP contribution in [-0.4, -0.2) is 51.3 Å². The number of nitrogens with zero attached hydrogens (tertiary/aromatic N) is 2. The van der Waals surface area contributed by atoms with Crippen molar-refractivity contribution >= 4 is 12.2 Å². The van der Waals surface area contributed by atoms with E-state index in [1.54, 1.807) is 0 Å². The van der Waals surface area contributed by atoms with Crippen LogP contribution in [0.1, 0.15) is 12.6 Å². The minimum Gasteiger partial charge on any atom is -0.394 e. The molecule has 0 bridgehead atoms. The summed E-state index contributed by atoms with van der Waals surface area (Å²) >= 11 is 5.05. The Kier molecular flexibility index (Phi) is 5.22. The van der Waals surface area contributed by atoms with Crippen molar-refractivity contribution in [2.45, 2.75) is 31.0 Å². The molecular formula is C12H15N3O5S. The standard InChI is InChI=1S/C12H15N3O5S/c13-3-1-5-19-10-9(18)7(6-16)20-11(10)15-4-2-8(17)14-12(15)21/h2,4,7,9-11,16,18H,1,5-6H2,(H,14,17,21)/t7-,9-,10-,11-/m1/s1. The number of aliphatic hydroxyl groups is 2. The smallest absolute Gasteiger partial charge is 0.251 e. The van der Waals surface area contributed by atoms with Gasteiger partial charge in [0.05, 0.1) is 25.7 Å². The molecule has 1 aromatic heterocycles. The van der Waals surface area contributed by atoms with E-state index in [4.69, 9.17) is 27.0 Å². The number of hydrogen-bond donors (Lipinski definition) is 3. The third-order valence-corrected chi connectivity index (χ3v) is 3.46. The number of nitrogens with one attached hydrogen (secondary N) is 1. The molecule has 0 radical (unpaired) electrons. The first-order valence-corrected chi connectivity index (χ1v) is 6.73. The minimum atomic E-state index is -1.06. The van der Waals surface area contributed by atoms with Gasteiger partial charge in [0.2, 0.25) is 0 Å². The molecule has 1 saturated heterocycles. The zero-order valence-corrected chi connectivity index (χ0v) is 11.8. The second kappa shape index (κ2) is 6.93. The third kappa shape index (κ3) is 3.37. The summed E-state index contributed by atoms with van der Waals surface area (Å²) in [6.07, 6.45) is -1.88. The number of aromatic amines is 1. The van der Waals surface area contributed by atoms with Crippen LogP contribution in [0.15, 0.2) is 17.1 Å². The molecule has 2 heterocycles. The SMILES string of the molecule is N#CCCO[C@@H]1[C@H](O)[C@@H](CO)O[C@H]1n1ccc(=O)[nH]c1=S. The van der Waals surface area contributed by atoms with E-state index in [0.717, 1.165) is 0 Å². The van der Waals surface area contributed by atoms with Gasteiger partial charge in [0.25, 0.3) is 5.56 Å². The Morgan fingerprint density at radius 1 is 1.62 bits per heavy atom. The molecule has 21 heavy (non-hydrogen) atoms. The zero-order valence-electron chi connectivity index (χ0n) is 11.0. The summed E-state index contributed by atoms with van der Waals surface area (Å²) in [7, 11) is 0. The van der Waals surface area contributed by atoms with E-state index in [1.807, 2.05) is 6.07 Å². The van der Waals surface area contributed by atoms with Gasteiger partial charge < -0.3 is 19.7 Å². The third-order valence-electron chi connectivity index (χ3n) is 3.14. The van der Waals surface area contributed by atoms with Crippen LogP contribution in [0.3, 0.4) is 0 Å². The Balaban J connectivity index is 2.27. The summed E-state index contributed by atoms with van der Waals surface area (Å²) < 4.78 is 12.6. The van der Waals surface area contributed by atoms with Gasteiger partial charge in [0, 0.05) is 12.3 Å². The molecule has 4 atom stereocenters. The number of H-pyrrole nitrogens is 1. The van der Waals surface area contributed by atoms with Crippen molar-refractivity contribution in [2.75, 3.05) is 13.2 Å². The Morgan fingerprint density at radius 3 is 3.00 bits per heavy atom. The summed E-state index contributed by atoms with van der Waals surface area (Å²) in [6, 6.07) is 3.20. The predicted molar refractivity (Wildman–Crippen MR) is 72.9 cm³/mol. The molecule has 0 unspecified atom stereocenters. The zero-order chi connectivity index (χ0) is 15.4. The Bertz CT molecular complexity index is 637. The average molecular weight is 313 g/mol. The lowest BCUT2D eigenvalue weighted by molar-refractivity contribution is -0.0724. The highest BCUT2D eigenvalue weighted by Gasteiger charge is 2.45. The quantitative estimate of drug-likeness (QED) is 0.493. The van der Waals surface area contributed by atoms with Gasteiger partial charge >= 0.3 is 0 Å². The van der Waals surface area contributed by atoms with Crippen LogP contribution in [0.5, 0.6) is 0 Å². The maximum absolute atomic E-state index is 11.2. The molecular weight excluding hydrogens is 298 g/mol. The highest BCUT2D eigenvalue weighted by Crippen LogP contribution is 2.31. The Hall–Kier alpha value is -1.57. The molecule has 0 aliphatic carbocycles. The van der Waals surface area contributed by atoms with Gasteiger partial charge in [-0.3, -0.25) is 14.3 Å². The Labute approximate surface area is 125 Å². The second-order valence-corrected chi connectivity index (χ2v) is 4.89. The molecule has 0 aromatic carbocycles. The largest absolute Gasteiger partial charge is 0.394 e.